The summed E-state index contributed by atoms with van der Waals surface area (Å²) in [4.78, 5) is 10.8. The number of carboxylic acids is 1. The van der Waals surface area contributed by atoms with Crippen molar-refractivity contribution in [2.24, 2.45) is 11.8 Å². The summed E-state index contributed by atoms with van der Waals surface area (Å²) < 4.78 is 1.04. The number of aliphatic carboxylic acids is 1. The molecule has 82 valence electrons. The number of halogens is 1. The van der Waals surface area contributed by atoms with E-state index >= 15 is 0 Å². The third-order valence-electron chi connectivity index (χ3n) is 2.69. The third kappa shape index (κ3) is 3.67. The minimum atomic E-state index is -0.725. The molecule has 2 nitrogen and oxygen atoms in total. The minimum absolute atomic E-state index is 0.150. The van der Waals surface area contributed by atoms with E-state index in [0.29, 0.717) is 0 Å². The lowest BCUT2D eigenvalue weighted by molar-refractivity contribution is -0.142. The van der Waals surface area contributed by atoms with Gasteiger partial charge in [-0.2, -0.15) is 0 Å². The van der Waals surface area contributed by atoms with Crippen LogP contribution in [0.3, 0.4) is 0 Å². The van der Waals surface area contributed by atoms with Gasteiger partial charge in [-0.3, -0.25) is 4.79 Å². The molecule has 1 rings (SSSR count). The second kappa shape index (κ2) is 5.31. The van der Waals surface area contributed by atoms with Gasteiger partial charge in [-0.15, -0.1) is 0 Å². The van der Waals surface area contributed by atoms with E-state index in [1.54, 1.807) is 6.92 Å². The average Bonchev–Trinajstić information content (AvgIpc) is 2.16. The van der Waals surface area contributed by atoms with Gasteiger partial charge in [-0.1, -0.05) is 41.9 Å². The largest absolute Gasteiger partial charge is 0.481 e. The zero-order valence-electron chi connectivity index (χ0n) is 8.90. The predicted octanol–water partition coefficient (Wildman–Crippen LogP) is 3.35. The molecule has 0 heterocycles. The van der Waals surface area contributed by atoms with E-state index in [2.05, 4.69) is 15.9 Å². The molecule has 0 saturated carbocycles. The van der Waals surface area contributed by atoms with Crippen molar-refractivity contribution in [3.8, 4) is 0 Å². The highest BCUT2D eigenvalue weighted by atomic mass is 79.9. The van der Waals surface area contributed by atoms with E-state index in [1.807, 2.05) is 31.2 Å². The summed E-state index contributed by atoms with van der Waals surface area (Å²) in [6, 6.07) is 7.99. The van der Waals surface area contributed by atoms with Crippen LogP contribution in [-0.2, 0) is 11.2 Å². The van der Waals surface area contributed by atoms with Crippen LogP contribution in [-0.4, -0.2) is 11.1 Å². The fourth-order valence-electron chi connectivity index (χ4n) is 1.46. The predicted molar refractivity (Wildman–Crippen MR) is 63.8 cm³/mol. The highest BCUT2D eigenvalue weighted by Crippen LogP contribution is 2.19. The molecule has 0 aromatic heterocycles. The lowest BCUT2D eigenvalue weighted by Gasteiger charge is -2.15. The summed E-state index contributed by atoms with van der Waals surface area (Å²) >= 11 is 3.40. The molecule has 0 aliphatic heterocycles. The minimum Gasteiger partial charge on any atom is -0.481 e. The molecular weight excluding hydrogens is 256 g/mol. The van der Waals surface area contributed by atoms with Crippen LogP contribution in [0.25, 0.3) is 0 Å². The molecule has 3 heteroatoms. The molecule has 0 bridgehead atoms. The summed E-state index contributed by atoms with van der Waals surface area (Å²) in [5.41, 5.74) is 1.17. The van der Waals surface area contributed by atoms with Crippen molar-refractivity contribution in [2.75, 3.05) is 0 Å². The first-order chi connectivity index (χ1) is 7.00. The highest BCUT2D eigenvalue weighted by Gasteiger charge is 2.19. The molecule has 1 aromatic carbocycles. The molecule has 0 radical (unpaired) electrons. The maximum Gasteiger partial charge on any atom is 0.306 e. The quantitative estimate of drug-likeness (QED) is 0.911. The Balaban J connectivity index is 2.66. The van der Waals surface area contributed by atoms with Crippen LogP contribution < -0.4 is 0 Å². The fourth-order valence-corrected chi connectivity index (χ4v) is 1.90. The molecule has 2 unspecified atom stereocenters. The molecule has 0 spiro atoms. The van der Waals surface area contributed by atoms with Gasteiger partial charge < -0.3 is 5.11 Å². The van der Waals surface area contributed by atoms with Gasteiger partial charge >= 0.3 is 5.97 Å². The monoisotopic (exact) mass is 270 g/mol. The second-order valence-corrected chi connectivity index (χ2v) is 4.85. The molecular formula is C12H15BrO2. The van der Waals surface area contributed by atoms with Crippen LogP contribution in [0, 0.1) is 11.8 Å². The first-order valence-electron chi connectivity index (χ1n) is 4.98. The van der Waals surface area contributed by atoms with E-state index in [-0.39, 0.29) is 11.8 Å². The van der Waals surface area contributed by atoms with Crippen molar-refractivity contribution < 1.29 is 9.90 Å². The average molecular weight is 271 g/mol. The lowest BCUT2D eigenvalue weighted by atomic mass is 9.90. The lowest BCUT2D eigenvalue weighted by Crippen LogP contribution is -2.19. The second-order valence-electron chi connectivity index (χ2n) is 3.94. The molecule has 0 saturated heterocycles. The topological polar surface area (TPSA) is 37.3 Å². The Kier molecular flexibility index (Phi) is 4.33. The van der Waals surface area contributed by atoms with Gasteiger partial charge in [0, 0.05) is 4.47 Å². The van der Waals surface area contributed by atoms with Gasteiger partial charge in [0.15, 0.2) is 0 Å². The summed E-state index contributed by atoms with van der Waals surface area (Å²) in [5.74, 6) is -0.877. The number of rotatable bonds is 4. The molecule has 15 heavy (non-hydrogen) atoms. The van der Waals surface area contributed by atoms with E-state index in [9.17, 15) is 4.79 Å². The number of benzene rings is 1. The van der Waals surface area contributed by atoms with Crippen LogP contribution in [0.15, 0.2) is 28.7 Å². The maximum atomic E-state index is 10.8. The Morgan fingerprint density at radius 3 is 2.67 bits per heavy atom. The zero-order chi connectivity index (χ0) is 11.4. The van der Waals surface area contributed by atoms with E-state index < -0.39 is 5.97 Å². The van der Waals surface area contributed by atoms with Gasteiger partial charge in [0.25, 0.3) is 0 Å². The molecule has 1 aromatic rings. The Morgan fingerprint density at radius 1 is 1.47 bits per heavy atom. The maximum absolute atomic E-state index is 10.8. The van der Waals surface area contributed by atoms with Crippen molar-refractivity contribution in [2.45, 2.75) is 20.3 Å². The van der Waals surface area contributed by atoms with Crippen molar-refractivity contribution in [1.82, 2.24) is 0 Å². The van der Waals surface area contributed by atoms with Crippen molar-refractivity contribution >= 4 is 21.9 Å². The van der Waals surface area contributed by atoms with Gasteiger partial charge in [0.05, 0.1) is 5.92 Å². The number of hydrogen-bond acceptors (Lipinski definition) is 1. The fraction of sp³-hybridized carbons (Fsp3) is 0.417. The summed E-state index contributed by atoms with van der Waals surface area (Å²) in [6.07, 6.45) is 0.799. The molecule has 0 aliphatic carbocycles. The molecule has 1 N–H and O–H groups in total. The summed E-state index contributed by atoms with van der Waals surface area (Å²) in [6.45, 7) is 3.73. The smallest absolute Gasteiger partial charge is 0.306 e. The zero-order valence-corrected chi connectivity index (χ0v) is 10.5. The third-order valence-corrected chi connectivity index (χ3v) is 3.18. The van der Waals surface area contributed by atoms with Gasteiger partial charge in [0.1, 0.15) is 0 Å². The highest BCUT2D eigenvalue weighted by molar-refractivity contribution is 9.10. The van der Waals surface area contributed by atoms with Crippen molar-refractivity contribution in [3.63, 3.8) is 0 Å². The number of carboxylic acid groups (broad SMARTS) is 1. The number of hydrogen-bond donors (Lipinski definition) is 1. The Labute approximate surface area is 98.4 Å². The molecule has 0 aliphatic rings. The van der Waals surface area contributed by atoms with E-state index in [4.69, 9.17) is 5.11 Å². The summed E-state index contributed by atoms with van der Waals surface area (Å²) in [7, 11) is 0. The van der Waals surface area contributed by atoms with Crippen molar-refractivity contribution in [3.05, 3.63) is 34.3 Å². The van der Waals surface area contributed by atoms with Crippen LogP contribution >= 0.6 is 15.9 Å². The molecule has 0 fully saturated rings. The summed E-state index contributed by atoms with van der Waals surface area (Å²) in [5, 5.41) is 8.88. The normalized spacial score (nSPS) is 14.6. The Morgan fingerprint density at radius 2 is 2.13 bits per heavy atom. The van der Waals surface area contributed by atoms with Gasteiger partial charge in [-0.25, -0.2) is 0 Å². The van der Waals surface area contributed by atoms with E-state index in [1.165, 1.54) is 5.56 Å². The van der Waals surface area contributed by atoms with Gasteiger partial charge in [-0.05, 0) is 30.0 Å². The van der Waals surface area contributed by atoms with Crippen LogP contribution in [0.1, 0.15) is 19.4 Å². The standard InChI is InChI=1S/C12H15BrO2/c1-8(9(2)12(14)15)6-10-4-3-5-11(13)7-10/h3-5,7-9H,6H2,1-2H3,(H,14,15). The van der Waals surface area contributed by atoms with Crippen molar-refractivity contribution in [1.29, 1.82) is 0 Å². The molecule has 2 atom stereocenters. The Bertz CT molecular complexity index is 349. The first-order valence-corrected chi connectivity index (χ1v) is 5.77. The van der Waals surface area contributed by atoms with E-state index in [0.717, 1.165) is 10.9 Å². The van der Waals surface area contributed by atoms with Crippen LogP contribution in [0.4, 0.5) is 0 Å². The Hall–Kier alpha value is -0.830. The first kappa shape index (κ1) is 12.2. The van der Waals surface area contributed by atoms with Gasteiger partial charge in [0.2, 0.25) is 0 Å². The van der Waals surface area contributed by atoms with Crippen LogP contribution in [0.2, 0.25) is 0 Å². The number of carbonyl (C=O) groups is 1. The SMILES string of the molecule is CC(Cc1cccc(Br)c1)C(C)C(=O)O. The van der Waals surface area contributed by atoms with Crippen LogP contribution in [0.5, 0.6) is 0 Å². The molecule has 0 amide bonds.